The number of halogens is 1. The lowest BCUT2D eigenvalue weighted by Gasteiger charge is -2.22. The van der Waals surface area contributed by atoms with Crippen LogP contribution < -0.4 is 0 Å². The highest BCUT2D eigenvalue weighted by Crippen LogP contribution is 2.38. The van der Waals surface area contributed by atoms with Gasteiger partial charge in [0.1, 0.15) is 16.2 Å². The van der Waals surface area contributed by atoms with E-state index in [1.54, 1.807) is 41.9 Å². The number of amides is 2. The number of fused-ring (bicyclic) bond motifs is 1. The van der Waals surface area contributed by atoms with Crippen LogP contribution >= 0.6 is 34.7 Å². The Morgan fingerprint density at radius 3 is 2.72 bits per heavy atom. The van der Waals surface area contributed by atoms with Crippen molar-refractivity contribution in [1.29, 1.82) is 0 Å². The number of rotatable bonds is 3. The molecule has 1 saturated heterocycles. The molecule has 0 bridgehead atoms. The molecule has 1 aliphatic heterocycles. The normalized spacial score (nSPS) is 17.6. The van der Waals surface area contributed by atoms with Crippen LogP contribution in [0.5, 0.6) is 0 Å². The fourth-order valence-corrected chi connectivity index (χ4v) is 5.89. The molecule has 150 valence electrons. The quantitative estimate of drug-likeness (QED) is 0.405. The van der Waals surface area contributed by atoms with Gasteiger partial charge in [-0.05, 0) is 56.5 Å². The van der Waals surface area contributed by atoms with Gasteiger partial charge in [0.2, 0.25) is 5.91 Å². The first-order chi connectivity index (χ1) is 14.0. The van der Waals surface area contributed by atoms with Crippen molar-refractivity contribution in [3.05, 3.63) is 51.6 Å². The predicted molar refractivity (Wildman–Crippen MR) is 118 cm³/mol. The van der Waals surface area contributed by atoms with Crippen LogP contribution in [0, 0.1) is 13.8 Å². The molecule has 4 rings (SSSR count). The van der Waals surface area contributed by atoms with E-state index in [0.717, 1.165) is 40.1 Å². The highest BCUT2D eigenvalue weighted by Gasteiger charge is 2.33. The number of carbonyl (C=O) groups is 2. The van der Waals surface area contributed by atoms with E-state index in [1.165, 1.54) is 21.5 Å². The number of aromatic nitrogens is 2. The smallest absolute Gasteiger partial charge is 0.260 e. The molecule has 8 heteroatoms. The van der Waals surface area contributed by atoms with Gasteiger partial charge in [0.15, 0.2) is 0 Å². The Bertz CT molecular complexity index is 1080. The molecule has 3 heterocycles. The summed E-state index contributed by atoms with van der Waals surface area (Å²) in [5, 5.41) is 2.06. The maximum Gasteiger partial charge on any atom is 0.260 e. The van der Waals surface area contributed by atoms with Crippen LogP contribution in [-0.2, 0) is 4.79 Å². The molecule has 1 fully saturated rings. The molecule has 1 unspecified atom stereocenters. The molecule has 0 saturated carbocycles. The number of hydrogen-bond acceptors (Lipinski definition) is 6. The summed E-state index contributed by atoms with van der Waals surface area (Å²) >= 11 is 9.02. The van der Waals surface area contributed by atoms with Crippen LogP contribution in [0.3, 0.4) is 0 Å². The summed E-state index contributed by atoms with van der Waals surface area (Å²) < 4.78 is 0. The van der Waals surface area contributed by atoms with Crippen molar-refractivity contribution < 1.29 is 9.59 Å². The minimum absolute atomic E-state index is 0.149. The van der Waals surface area contributed by atoms with Crippen molar-refractivity contribution in [3.63, 3.8) is 0 Å². The standard InChI is InChI=1S/C21H20ClN3O2S2/c1-12-13(2)28-18-17(12)19(24-11-23-18)29-16-5-3-4-10-25(21(16)27)20(26)14-6-8-15(22)9-7-14/h6-9,11,16H,3-5,10H2,1-2H3. The van der Waals surface area contributed by atoms with Gasteiger partial charge < -0.3 is 0 Å². The summed E-state index contributed by atoms with van der Waals surface area (Å²) in [5.74, 6) is -0.418. The Morgan fingerprint density at radius 2 is 1.97 bits per heavy atom. The van der Waals surface area contributed by atoms with Crippen LogP contribution in [0.2, 0.25) is 5.02 Å². The number of aryl methyl sites for hydroxylation is 2. The molecule has 1 aliphatic rings. The fourth-order valence-electron chi connectivity index (χ4n) is 3.44. The summed E-state index contributed by atoms with van der Waals surface area (Å²) in [6.45, 7) is 4.57. The van der Waals surface area contributed by atoms with Gasteiger partial charge in [-0.25, -0.2) is 9.97 Å². The van der Waals surface area contributed by atoms with Crippen molar-refractivity contribution in [2.45, 2.75) is 43.4 Å². The number of hydrogen-bond donors (Lipinski definition) is 0. The average molecular weight is 446 g/mol. The van der Waals surface area contributed by atoms with Crippen LogP contribution in [-0.4, -0.2) is 38.5 Å². The van der Waals surface area contributed by atoms with Crippen molar-refractivity contribution in [3.8, 4) is 0 Å². The molecule has 0 spiro atoms. The SMILES string of the molecule is Cc1sc2ncnc(SC3CCCCN(C(=O)c4ccc(Cl)cc4)C3=O)c2c1C. The van der Waals surface area contributed by atoms with E-state index < -0.39 is 0 Å². The Hall–Kier alpha value is -1.96. The molecule has 5 nitrogen and oxygen atoms in total. The Labute approximate surface area is 182 Å². The molecular weight excluding hydrogens is 426 g/mol. The minimum Gasteiger partial charge on any atom is -0.278 e. The van der Waals surface area contributed by atoms with E-state index in [2.05, 4.69) is 23.8 Å². The number of imide groups is 1. The van der Waals surface area contributed by atoms with E-state index >= 15 is 0 Å². The average Bonchev–Trinajstić information content (AvgIpc) is 2.89. The molecular formula is C21H20ClN3O2S2. The van der Waals surface area contributed by atoms with Gasteiger partial charge in [-0.1, -0.05) is 29.8 Å². The summed E-state index contributed by atoms with van der Waals surface area (Å²) in [7, 11) is 0. The molecule has 1 aromatic carbocycles. The molecule has 2 amide bonds. The lowest BCUT2D eigenvalue weighted by atomic mass is 10.2. The molecule has 1 atom stereocenters. The maximum absolute atomic E-state index is 13.3. The van der Waals surface area contributed by atoms with Gasteiger partial charge in [-0.3, -0.25) is 14.5 Å². The van der Waals surface area contributed by atoms with E-state index in [9.17, 15) is 9.59 Å². The molecule has 0 N–H and O–H groups in total. The number of carbonyl (C=O) groups excluding carboxylic acids is 2. The minimum atomic E-state index is -0.341. The predicted octanol–water partition coefficient (Wildman–Crippen LogP) is 5.28. The monoisotopic (exact) mass is 445 g/mol. The van der Waals surface area contributed by atoms with Gasteiger partial charge in [-0.2, -0.15) is 0 Å². The molecule has 2 aromatic heterocycles. The second-order valence-electron chi connectivity index (χ2n) is 7.05. The Morgan fingerprint density at radius 1 is 1.21 bits per heavy atom. The number of nitrogens with zero attached hydrogens (tertiary/aromatic N) is 3. The Kier molecular flexibility index (Phi) is 5.90. The first-order valence-electron chi connectivity index (χ1n) is 9.44. The number of likely N-dealkylation sites (tertiary alicyclic amines) is 1. The third kappa shape index (κ3) is 4.04. The van der Waals surface area contributed by atoms with Crippen molar-refractivity contribution >= 4 is 56.7 Å². The van der Waals surface area contributed by atoms with Gasteiger partial charge in [-0.15, -0.1) is 11.3 Å². The largest absolute Gasteiger partial charge is 0.278 e. The maximum atomic E-state index is 13.3. The highest BCUT2D eigenvalue weighted by molar-refractivity contribution is 8.00. The van der Waals surface area contributed by atoms with Crippen LogP contribution in [0.25, 0.3) is 10.2 Å². The highest BCUT2D eigenvalue weighted by atomic mass is 35.5. The zero-order valence-corrected chi connectivity index (χ0v) is 18.5. The van der Waals surface area contributed by atoms with Gasteiger partial charge in [0.05, 0.1) is 5.25 Å². The second kappa shape index (κ2) is 8.42. The van der Waals surface area contributed by atoms with Gasteiger partial charge in [0, 0.05) is 27.4 Å². The molecule has 3 aromatic rings. The van der Waals surface area contributed by atoms with Crippen LogP contribution in [0.15, 0.2) is 35.6 Å². The molecule has 29 heavy (non-hydrogen) atoms. The van der Waals surface area contributed by atoms with Crippen LogP contribution in [0.1, 0.15) is 40.1 Å². The topological polar surface area (TPSA) is 63.2 Å². The zero-order chi connectivity index (χ0) is 20.5. The zero-order valence-electron chi connectivity index (χ0n) is 16.1. The van der Waals surface area contributed by atoms with Gasteiger partial charge in [0.25, 0.3) is 5.91 Å². The summed E-state index contributed by atoms with van der Waals surface area (Å²) in [6.07, 6.45) is 3.97. The number of thioether (sulfide) groups is 1. The van der Waals surface area contributed by atoms with E-state index in [1.807, 2.05) is 0 Å². The van der Waals surface area contributed by atoms with E-state index in [-0.39, 0.29) is 17.1 Å². The fraction of sp³-hybridized carbons (Fsp3) is 0.333. The van der Waals surface area contributed by atoms with E-state index in [4.69, 9.17) is 11.6 Å². The summed E-state index contributed by atoms with van der Waals surface area (Å²) in [4.78, 5) is 38.6. The summed E-state index contributed by atoms with van der Waals surface area (Å²) in [6, 6.07) is 6.66. The van der Waals surface area contributed by atoms with Crippen molar-refractivity contribution in [2.24, 2.45) is 0 Å². The lowest BCUT2D eigenvalue weighted by Crippen LogP contribution is -2.41. The number of thiophene rings is 1. The third-order valence-corrected chi connectivity index (χ3v) is 7.78. The van der Waals surface area contributed by atoms with Gasteiger partial charge >= 0.3 is 0 Å². The van der Waals surface area contributed by atoms with Crippen molar-refractivity contribution in [1.82, 2.24) is 14.9 Å². The van der Waals surface area contributed by atoms with Crippen LogP contribution in [0.4, 0.5) is 0 Å². The summed E-state index contributed by atoms with van der Waals surface area (Å²) in [5.41, 5.74) is 1.63. The van der Waals surface area contributed by atoms with E-state index in [0.29, 0.717) is 17.1 Å². The first-order valence-corrected chi connectivity index (χ1v) is 11.5. The number of benzene rings is 1. The molecule has 0 aliphatic carbocycles. The lowest BCUT2D eigenvalue weighted by molar-refractivity contribution is -0.127. The second-order valence-corrected chi connectivity index (χ2v) is 9.88. The first kappa shape index (κ1) is 20.3. The molecule has 0 radical (unpaired) electrons. The third-order valence-electron chi connectivity index (χ3n) is 5.16. The van der Waals surface area contributed by atoms with Crippen molar-refractivity contribution in [2.75, 3.05) is 6.54 Å². The Balaban J connectivity index is 1.62.